The molecular weight excluding hydrogens is 266 g/mol. The van der Waals surface area contributed by atoms with Gasteiger partial charge in [-0.3, -0.25) is 4.79 Å². The number of hydrogen-bond acceptors (Lipinski definition) is 4. The number of carbonyl (C=O) groups excluding carboxylic acids is 1. The Morgan fingerprint density at radius 2 is 2.43 bits per heavy atom. The molecule has 3 rings (SSSR count). The number of carbonyl (C=O) groups is 1. The zero-order valence-electron chi connectivity index (χ0n) is 11.8. The lowest BCUT2D eigenvalue weighted by molar-refractivity contribution is 0.0941. The number of nitrogens with zero attached hydrogens (tertiary/aromatic N) is 3. The van der Waals surface area contributed by atoms with Crippen LogP contribution in [0.5, 0.6) is 0 Å². The summed E-state index contributed by atoms with van der Waals surface area (Å²) in [5.74, 6) is 1.37. The van der Waals surface area contributed by atoms with Crippen LogP contribution in [0.4, 0.5) is 5.82 Å². The molecule has 6 nitrogen and oxygen atoms in total. The van der Waals surface area contributed by atoms with Gasteiger partial charge in [0, 0.05) is 25.8 Å². The largest absolute Gasteiger partial charge is 0.356 e. The summed E-state index contributed by atoms with van der Waals surface area (Å²) in [7, 11) is 0. The maximum Gasteiger partial charge on any atom is 0.269 e. The SMILES string of the molecule is O=C(NC[C@H]1CCCN(c2ccccn2)C1)c1cnc[nH]1. The summed E-state index contributed by atoms with van der Waals surface area (Å²) in [5.41, 5.74) is 0.507. The molecule has 0 spiro atoms. The average molecular weight is 285 g/mol. The number of rotatable bonds is 4. The van der Waals surface area contributed by atoms with Gasteiger partial charge in [0.2, 0.25) is 0 Å². The maximum atomic E-state index is 11.9. The number of nitrogens with one attached hydrogen (secondary N) is 2. The zero-order valence-corrected chi connectivity index (χ0v) is 11.8. The normalized spacial score (nSPS) is 18.5. The highest BCUT2D eigenvalue weighted by Gasteiger charge is 2.21. The molecule has 0 aliphatic carbocycles. The van der Waals surface area contributed by atoms with Crippen LogP contribution in [0.3, 0.4) is 0 Å². The molecule has 0 saturated carbocycles. The summed E-state index contributed by atoms with van der Waals surface area (Å²) in [6, 6.07) is 5.97. The van der Waals surface area contributed by atoms with Gasteiger partial charge >= 0.3 is 0 Å². The van der Waals surface area contributed by atoms with Gasteiger partial charge in [-0.25, -0.2) is 9.97 Å². The molecule has 2 aromatic rings. The first-order chi connectivity index (χ1) is 10.3. The third-order valence-electron chi connectivity index (χ3n) is 3.79. The van der Waals surface area contributed by atoms with Crippen LogP contribution >= 0.6 is 0 Å². The Kier molecular flexibility index (Phi) is 4.14. The van der Waals surface area contributed by atoms with E-state index in [1.165, 1.54) is 12.5 Å². The van der Waals surface area contributed by atoms with Crippen LogP contribution < -0.4 is 10.2 Å². The lowest BCUT2D eigenvalue weighted by Gasteiger charge is -2.33. The van der Waals surface area contributed by atoms with Crippen molar-refractivity contribution in [2.45, 2.75) is 12.8 Å². The van der Waals surface area contributed by atoms with E-state index in [2.05, 4.69) is 25.2 Å². The molecule has 1 atom stereocenters. The van der Waals surface area contributed by atoms with Crippen LogP contribution in [0, 0.1) is 5.92 Å². The summed E-state index contributed by atoms with van der Waals surface area (Å²) in [4.78, 5) is 25.3. The van der Waals surface area contributed by atoms with Crippen molar-refractivity contribution in [3.8, 4) is 0 Å². The standard InChI is InChI=1S/C15H19N5O/c21-15(13-9-16-11-19-13)18-8-12-4-3-7-20(10-12)14-5-1-2-6-17-14/h1-2,5-6,9,11-12H,3-4,7-8,10H2,(H,16,19)(H,18,21)/t12-/m1/s1. The van der Waals surface area contributed by atoms with Gasteiger partial charge in [0.05, 0.1) is 12.5 Å². The smallest absolute Gasteiger partial charge is 0.269 e. The van der Waals surface area contributed by atoms with Crippen LogP contribution in [0.15, 0.2) is 36.9 Å². The van der Waals surface area contributed by atoms with Gasteiger partial charge in [-0.2, -0.15) is 0 Å². The third-order valence-corrected chi connectivity index (χ3v) is 3.79. The summed E-state index contributed by atoms with van der Waals surface area (Å²) in [6.07, 6.45) is 7.13. The summed E-state index contributed by atoms with van der Waals surface area (Å²) >= 11 is 0. The van der Waals surface area contributed by atoms with Crippen molar-refractivity contribution in [2.75, 3.05) is 24.5 Å². The topological polar surface area (TPSA) is 73.9 Å². The number of hydrogen-bond donors (Lipinski definition) is 2. The molecule has 1 amide bonds. The monoisotopic (exact) mass is 285 g/mol. The quantitative estimate of drug-likeness (QED) is 0.891. The van der Waals surface area contributed by atoms with Gasteiger partial charge in [0.15, 0.2) is 0 Å². The molecule has 2 N–H and O–H groups in total. The Labute approximate surface area is 123 Å². The van der Waals surface area contributed by atoms with Gasteiger partial charge in [0.25, 0.3) is 5.91 Å². The van der Waals surface area contributed by atoms with Gasteiger partial charge in [-0.15, -0.1) is 0 Å². The first kappa shape index (κ1) is 13.6. The number of aromatic nitrogens is 3. The molecule has 1 aliphatic rings. The molecule has 21 heavy (non-hydrogen) atoms. The minimum Gasteiger partial charge on any atom is -0.356 e. The van der Waals surface area contributed by atoms with Crippen LogP contribution in [-0.4, -0.2) is 40.5 Å². The van der Waals surface area contributed by atoms with Crippen molar-refractivity contribution < 1.29 is 4.79 Å². The lowest BCUT2D eigenvalue weighted by Crippen LogP contribution is -2.41. The highest BCUT2D eigenvalue weighted by atomic mass is 16.1. The van der Waals surface area contributed by atoms with Crippen molar-refractivity contribution in [3.63, 3.8) is 0 Å². The number of imidazole rings is 1. The van der Waals surface area contributed by atoms with E-state index in [1.807, 2.05) is 24.4 Å². The number of H-pyrrole nitrogens is 1. The van der Waals surface area contributed by atoms with Crippen molar-refractivity contribution in [3.05, 3.63) is 42.6 Å². The van der Waals surface area contributed by atoms with Crippen molar-refractivity contribution in [2.24, 2.45) is 5.92 Å². The Balaban J connectivity index is 1.53. The van der Waals surface area contributed by atoms with E-state index in [-0.39, 0.29) is 5.91 Å². The van der Waals surface area contributed by atoms with Crippen molar-refractivity contribution in [1.29, 1.82) is 0 Å². The van der Waals surface area contributed by atoms with E-state index in [1.54, 1.807) is 0 Å². The van der Waals surface area contributed by atoms with Crippen LogP contribution in [0.1, 0.15) is 23.3 Å². The van der Waals surface area contributed by atoms with Crippen LogP contribution in [-0.2, 0) is 0 Å². The number of amides is 1. The molecule has 0 unspecified atom stereocenters. The Morgan fingerprint density at radius 1 is 1.48 bits per heavy atom. The summed E-state index contributed by atoms with van der Waals surface area (Å²) in [5, 5.41) is 2.97. The van der Waals surface area contributed by atoms with Gasteiger partial charge in [-0.1, -0.05) is 6.07 Å². The van der Waals surface area contributed by atoms with E-state index < -0.39 is 0 Å². The van der Waals surface area contributed by atoms with Gasteiger partial charge < -0.3 is 15.2 Å². The number of aromatic amines is 1. The molecule has 1 aliphatic heterocycles. The highest BCUT2D eigenvalue weighted by Crippen LogP contribution is 2.20. The second kappa shape index (κ2) is 6.39. The molecule has 0 radical (unpaired) electrons. The number of anilines is 1. The molecule has 110 valence electrons. The molecule has 1 fully saturated rings. The van der Waals surface area contributed by atoms with E-state index >= 15 is 0 Å². The molecule has 6 heteroatoms. The molecular formula is C15H19N5O. The average Bonchev–Trinajstić information content (AvgIpc) is 3.08. The summed E-state index contributed by atoms with van der Waals surface area (Å²) in [6.45, 7) is 2.64. The Morgan fingerprint density at radius 3 is 3.19 bits per heavy atom. The predicted octanol–water partition coefficient (Wildman–Crippen LogP) is 1.45. The Hall–Kier alpha value is -2.37. The van der Waals surface area contributed by atoms with E-state index in [0.29, 0.717) is 18.2 Å². The van der Waals surface area contributed by atoms with Crippen molar-refractivity contribution in [1.82, 2.24) is 20.3 Å². The maximum absolute atomic E-state index is 11.9. The zero-order chi connectivity index (χ0) is 14.5. The molecule has 1 saturated heterocycles. The molecule has 3 heterocycles. The fraction of sp³-hybridized carbons (Fsp3) is 0.400. The van der Waals surface area contributed by atoms with Crippen LogP contribution in [0.25, 0.3) is 0 Å². The van der Waals surface area contributed by atoms with Crippen LogP contribution in [0.2, 0.25) is 0 Å². The third kappa shape index (κ3) is 3.39. The number of pyridine rings is 1. The highest BCUT2D eigenvalue weighted by molar-refractivity contribution is 5.91. The minimum absolute atomic E-state index is 0.0949. The fourth-order valence-corrected chi connectivity index (χ4v) is 2.69. The second-order valence-electron chi connectivity index (χ2n) is 5.32. The molecule has 2 aromatic heterocycles. The molecule has 0 aromatic carbocycles. The van der Waals surface area contributed by atoms with Crippen molar-refractivity contribution >= 4 is 11.7 Å². The van der Waals surface area contributed by atoms with Gasteiger partial charge in [-0.05, 0) is 30.9 Å². The molecule has 0 bridgehead atoms. The van der Waals surface area contributed by atoms with E-state index in [0.717, 1.165) is 31.7 Å². The van der Waals surface area contributed by atoms with Gasteiger partial charge in [0.1, 0.15) is 11.5 Å². The Bertz CT molecular complexity index is 569. The fourth-order valence-electron chi connectivity index (χ4n) is 2.69. The predicted molar refractivity (Wildman–Crippen MR) is 80.1 cm³/mol. The first-order valence-electron chi connectivity index (χ1n) is 7.25. The van der Waals surface area contributed by atoms with E-state index in [4.69, 9.17) is 0 Å². The number of piperidine rings is 1. The minimum atomic E-state index is -0.0949. The lowest BCUT2D eigenvalue weighted by atomic mass is 9.98. The second-order valence-corrected chi connectivity index (χ2v) is 5.32. The van der Waals surface area contributed by atoms with E-state index in [9.17, 15) is 4.79 Å². The first-order valence-corrected chi connectivity index (χ1v) is 7.25. The summed E-state index contributed by atoms with van der Waals surface area (Å²) < 4.78 is 0.